The summed E-state index contributed by atoms with van der Waals surface area (Å²) in [6, 6.07) is 10.8. The zero-order chi connectivity index (χ0) is 25.5. The Labute approximate surface area is 208 Å². The maximum Gasteiger partial charge on any atom is 0.235 e. The Morgan fingerprint density at radius 1 is 1.14 bits per heavy atom. The van der Waals surface area contributed by atoms with Gasteiger partial charge in [-0.1, -0.05) is 26.8 Å². The molecule has 2 amide bonds. The number of phenols is 2. The first-order valence-corrected chi connectivity index (χ1v) is 12.1. The van der Waals surface area contributed by atoms with Gasteiger partial charge in [0.15, 0.2) is 11.5 Å². The smallest absolute Gasteiger partial charge is 0.235 e. The minimum atomic E-state index is -0.680. The number of rotatable bonds is 7. The Kier molecular flexibility index (Phi) is 6.51. The summed E-state index contributed by atoms with van der Waals surface area (Å²) in [6.07, 6.45) is 2.23. The Hall–Kier alpha value is -3.16. The van der Waals surface area contributed by atoms with Crippen molar-refractivity contribution >= 4 is 31.0 Å². The van der Waals surface area contributed by atoms with E-state index in [0.29, 0.717) is 31.5 Å². The predicted octanol–water partition coefficient (Wildman–Crippen LogP) is 3.64. The fourth-order valence-electron chi connectivity index (χ4n) is 5.03. The molecule has 0 bridgehead atoms. The zero-order valence-corrected chi connectivity index (χ0v) is 20.9. The second-order valence-corrected chi connectivity index (χ2v) is 11.0. The van der Waals surface area contributed by atoms with Gasteiger partial charge in [0.2, 0.25) is 11.8 Å². The summed E-state index contributed by atoms with van der Waals surface area (Å²) in [4.78, 5) is 26.9. The Balaban J connectivity index is 1.52. The minimum Gasteiger partial charge on any atom is -0.504 e. The summed E-state index contributed by atoms with van der Waals surface area (Å²) in [5.41, 5.74) is 3.03. The lowest BCUT2D eigenvalue weighted by molar-refractivity contribution is -0.119. The van der Waals surface area contributed by atoms with E-state index in [0.717, 1.165) is 23.4 Å². The van der Waals surface area contributed by atoms with E-state index in [2.05, 4.69) is 36.3 Å². The van der Waals surface area contributed by atoms with Crippen molar-refractivity contribution < 1.29 is 19.8 Å². The van der Waals surface area contributed by atoms with Crippen LogP contribution in [0.25, 0.3) is 0 Å². The van der Waals surface area contributed by atoms with Crippen LogP contribution in [0.2, 0.25) is 5.82 Å². The molecular formula is C27H34BN3O4. The summed E-state index contributed by atoms with van der Waals surface area (Å²) in [5.74, 6) is -0.818. The Morgan fingerprint density at radius 2 is 1.86 bits per heavy atom. The van der Waals surface area contributed by atoms with Crippen LogP contribution in [0.4, 0.5) is 11.4 Å². The van der Waals surface area contributed by atoms with Gasteiger partial charge >= 0.3 is 0 Å². The normalized spacial score (nSPS) is 19.1. The van der Waals surface area contributed by atoms with Crippen LogP contribution in [0.1, 0.15) is 51.7 Å². The van der Waals surface area contributed by atoms with Gasteiger partial charge < -0.3 is 25.7 Å². The zero-order valence-electron chi connectivity index (χ0n) is 20.9. The maximum absolute atomic E-state index is 13.2. The van der Waals surface area contributed by atoms with E-state index >= 15 is 0 Å². The quantitative estimate of drug-likeness (QED) is 0.362. The summed E-state index contributed by atoms with van der Waals surface area (Å²) < 4.78 is 0. The highest BCUT2D eigenvalue weighted by Crippen LogP contribution is 2.50. The first-order chi connectivity index (χ1) is 16.4. The highest BCUT2D eigenvalue weighted by Gasteiger charge is 2.51. The highest BCUT2D eigenvalue weighted by atomic mass is 16.3. The molecule has 2 aromatic rings. The van der Waals surface area contributed by atoms with Crippen molar-refractivity contribution in [2.24, 2.45) is 5.41 Å². The number of nitrogens with one attached hydrogen (secondary N) is 2. The molecule has 0 saturated heterocycles. The third kappa shape index (κ3) is 5.11. The van der Waals surface area contributed by atoms with Crippen molar-refractivity contribution in [3.05, 3.63) is 47.5 Å². The van der Waals surface area contributed by atoms with Crippen molar-refractivity contribution in [1.29, 1.82) is 0 Å². The third-order valence-electron chi connectivity index (χ3n) is 7.19. The van der Waals surface area contributed by atoms with Gasteiger partial charge in [0.1, 0.15) is 0 Å². The molecular weight excluding hydrogens is 441 g/mol. The van der Waals surface area contributed by atoms with Gasteiger partial charge in [0, 0.05) is 37.4 Å². The van der Waals surface area contributed by atoms with Crippen molar-refractivity contribution in [3.8, 4) is 11.5 Å². The van der Waals surface area contributed by atoms with Crippen molar-refractivity contribution in [2.45, 2.75) is 64.2 Å². The van der Waals surface area contributed by atoms with Crippen LogP contribution in [-0.4, -0.2) is 49.0 Å². The lowest BCUT2D eigenvalue weighted by Crippen LogP contribution is -2.44. The fraction of sp³-hybridized carbons (Fsp3) is 0.481. The monoisotopic (exact) mass is 475 g/mol. The van der Waals surface area contributed by atoms with Gasteiger partial charge in [-0.3, -0.25) is 9.59 Å². The number of hydrogen-bond acceptors (Lipinski definition) is 5. The number of aromatic hydroxyl groups is 2. The largest absolute Gasteiger partial charge is 0.504 e. The SMILES string of the molecule is [B]C(CNC(C)=O)CN1c2ccc(NC(=O)C3(c4ccc(O)c(O)c4)CC3)cc2CC1C(C)(C)C. The van der Waals surface area contributed by atoms with E-state index in [1.165, 1.54) is 19.1 Å². The summed E-state index contributed by atoms with van der Waals surface area (Å²) >= 11 is 0. The van der Waals surface area contributed by atoms with Gasteiger partial charge in [0.05, 0.1) is 13.3 Å². The van der Waals surface area contributed by atoms with E-state index in [1.807, 2.05) is 18.2 Å². The number of carbonyl (C=O) groups excluding carboxylic acids is 2. The van der Waals surface area contributed by atoms with Crippen LogP contribution in [0, 0.1) is 5.41 Å². The number of phenolic OH excluding ortho intramolecular Hbond substituents is 2. The molecule has 1 heterocycles. The van der Waals surface area contributed by atoms with Crippen molar-refractivity contribution in [3.63, 3.8) is 0 Å². The molecule has 35 heavy (non-hydrogen) atoms. The van der Waals surface area contributed by atoms with Crippen molar-refractivity contribution in [1.82, 2.24) is 5.32 Å². The molecule has 2 aliphatic rings. The molecule has 0 aromatic heterocycles. The van der Waals surface area contributed by atoms with Crippen molar-refractivity contribution in [2.75, 3.05) is 23.3 Å². The molecule has 2 atom stereocenters. The molecule has 2 radical (unpaired) electrons. The van der Waals surface area contributed by atoms with Gasteiger partial charge in [0.25, 0.3) is 0 Å². The molecule has 184 valence electrons. The molecule has 1 fully saturated rings. The summed E-state index contributed by atoms with van der Waals surface area (Å²) in [6.45, 7) is 9.16. The van der Waals surface area contributed by atoms with Crippen LogP contribution in [-0.2, 0) is 21.4 Å². The van der Waals surface area contributed by atoms with E-state index in [1.54, 1.807) is 6.07 Å². The van der Waals surface area contributed by atoms with Crippen LogP contribution in [0.3, 0.4) is 0 Å². The molecule has 1 aliphatic heterocycles. The average Bonchev–Trinajstić information content (AvgIpc) is 3.51. The number of carbonyl (C=O) groups is 2. The molecule has 2 aromatic carbocycles. The van der Waals surface area contributed by atoms with E-state index in [9.17, 15) is 19.8 Å². The number of fused-ring (bicyclic) bond motifs is 1. The molecule has 0 spiro atoms. The third-order valence-corrected chi connectivity index (χ3v) is 7.19. The molecule has 1 aliphatic carbocycles. The molecule has 8 heteroatoms. The first kappa shape index (κ1) is 25.0. The van der Waals surface area contributed by atoms with E-state index in [4.69, 9.17) is 7.85 Å². The number of nitrogens with zero attached hydrogens (tertiary/aromatic N) is 1. The standard InChI is InChI=1S/C27H34BN3O4/c1-16(32)29-14-19(28)15-31-21-7-6-20(11-17(21)12-24(31)26(2,3)4)30-25(35)27(9-10-27)18-5-8-22(33)23(34)13-18/h5-8,11,13,19,24,33-34H,9-10,12,14-15H2,1-4H3,(H,29,32)(H,30,35). The Morgan fingerprint density at radius 3 is 2.46 bits per heavy atom. The molecule has 1 saturated carbocycles. The lowest BCUT2D eigenvalue weighted by atomic mass is 9.82. The van der Waals surface area contributed by atoms with Gasteiger partial charge in [-0.05, 0) is 72.0 Å². The fourth-order valence-corrected chi connectivity index (χ4v) is 5.03. The Bertz CT molecular complexity index is 1140. The van der Waals surface area contributed by atoms with Gasteiger partial charge in [-0.15, -0.1) is 0 Å². The second kappa shape index (κ2) is 9.13. The van der Waals surface area contributed by atoms with Crippen LogP contribution in [0.15, 0.2) is 36.4 Å². The minimum absolute atomic E-state index is 0.00903. The van der Waals surface area contributed by atoms with Gasteiger partial charge in [-0.2, -0.15) is 0 Å². The predicted molar refractivity (Wildman–Crippen MR) is 138 cm³/mol. The van der Waals surface area contributed by atoms with Crippen LogP contribution >= 0.6 is 0 Å². The van der Waals surface area contributed by atoms with Gasteiger partial charge in [-0.25, -0.2) is 0 Å². The van der Waals surface area contributed by atoms with E-state index < -0.39 is 5.41 Å². The van der Waals surface area contributed by atoms with E-state index in [-0.39, 0.29) is 40.6 Å². The number of anilines is 2. The lowest BCUT2D eigenvalue weighted by Gasteiger charge is -2.38. The highest BCUT2D eigenvalue weighted by molar-refractivity contribution is 6.12. The molecule has 4 rings (SSSR count). The second-order valence-electron chi connectivity index (χ2n) is 11.0. The average molecular weight is 475 g/mol. The molecule has 4 N–H and O–H groups in total. The topological polar surface area (TPSA) is 102 Å². The summed E-state index contributed by atoms with van der Waals surface area (Å²) in [7, 11) is 6.34. The molecule has 7 nitrogen and oxygen atoms in total. The maximum atomic E-state index is 13.2. The van der Waals surface area contributed by atoms with Crippen LogP contribution in [0.5, 0.6) is 11.5 Å². The summed E-state index contributed by atoms with van der Waals surface area (Å²) in [5, 5.41) is 25.4. The number of hydrogen-bond donors (Lipinski definition) is 4. The number of benzene rings is 2. The number of amides is 2. The van der Waals surface area contributed by atoms with Crippen LogP contribution < -0.4 is 15.5 Å². The first-order valence-electron chi connectivity index (χ1n) is 12.1. The molecule has 2 unspecified atom stereocenters.